The van der Waals surface area contributed by atoms with Crippen LogP contribution in [0.3, 0.4) is 0 Å². The third-order valence-corrected chi connectivity index (χ3v) is 6.57. The first kappa shape index (κ1) is 24.3. The van der Waals surface area contributed by atoms with Crippen molar-refractivity contribution in [1.82, 2.24) is 0 Å². The van der Waals surface area contributed by atoms with Crippen LogP contribution in [0.5, 0.6) is 5.75 Å². The second-order valence-corrected chi connectivity index (χ2v) is 8.35. The largest absolute Gasteiger partial charge is 2.00 e. The zero-order valence-corrected chi connectivity index (χ0v) is 23.1. The fourth-order valence-corrected chi connectivity index (χ4v) is 4.65. The number of rotatable bonds is 7. The molecule has 2 heterocycles. The molecule has 4 rings (SSSR count). The molecule has 0 saturated heterocycles. The average molecular weight is 582 g/mol. The summed E-state index contributed by atoms with van der Waals surface area (Å²) in [6, 6.07) is 25.7. The third kappa shape index (κ3) is 6.24. The van der Waals surface area contributed by atoms with Gasteiger partial charge in [-0.15, -0.1) is 21.6 Å². The fraction of sp³-hybridized carbons (Fsp3) is 0.167. The van der Waals surface area contributed by atoms with Gasteiger partial charge in [-0.05, 0) is 46.2 Å². The molecule has 4 aromatic rings. The molecular formula is C24H21IOS2Zn. The van der Waals surface area contributed by atoms with E-state index in [1.807, 2.05) is 17.4 Å². The van der Waals surface area contributed by atoms with Crippen LogP contribution in [0.2, 0.25) is 0 Å². The summed E-state index contributed by atoms with van der Waals surface area (Å²) in [6.07, 6.45) is 2.25. The number of unbranched alkanes of at least 4 members (excludes halogenated alkanes) is 1. The first-order chi connectivity index (χ1) is 13.3. The summed E-state index contributed by atoms with van der Waals surface area (Å²) in [4.78, 5) is 3.88. The van der Waals surface area contributed by atoms with E-state index in [2.05, 4.69) is 79.0 Å². The van der Waals surface area contributed by atoms with E-state index in [0.717, 1.165) is 25.2 Å². The summed E-state index contributed by atoms with van der Waals surface area (Å²) in [7, 11) is 0. The molecule has 0 aliphatic carbocycles. The molecule has 0 unspecified atom stereocenters. The van der Waals surface area contributed by atoms with Crippen LogP contribution in [0, 0.1) is 5.38 Å². The van der Waals surface area contributed by atoms with E-state index in [9.17, 15) is 0 Å². The molecule has 0 aliphatic heterocycles. The molecule has 0 amide bonds. The van der Waals surface area contributed by atoms with E-state index in [1.54, 1.807) is 11.3 Å². The van der Waals surface area contributed by atoms with Gasteiger partial charge in [-0.25, -0.2) is 0 Å². The number of hydrogen-bond donors (Lipinski definition) is 0. The molecule has 0 bridgehead atoms. The van der Waals surface area contributed by atoms with E-state index in [1.165, 1.54) is 31.3 Å². The molecular weight excluding hydrogens is 561 g/mol. The molecule has 0 saturated carbocycles. The van der Waals surface area contributed by atoms with Crippen LogP contribution in [0.4, 0.5) is 0 Å². The summed E-state index contributed by atoms with van der Waals surface area (Å²) in [6.45, 7) is 2.96. The average Bonchev–Trinajstić information content (AvgIpc) is 3.41. The van der Waals surface area contributed by atoms with E-state index >= 15 is 0 Å². The van der Waals surface area contributed by atoms with Crippen molar-refractivity contribution in [2.45, 2.75) is 19.8 Å². The topological polar surface area (TPSA) is 9.23 Å². The van der Waals surface area contributed by atoms with Gasteiger partial charge in [0.2, 0.25) is 0 Å². The third-order valence-electron chi connectivity index (χ3n) is 4.44. The van der Waals surface area contributed by atoms with Crippen molar-refractivity contribution in [2.75, 3.05) is 6.61 Å². The monoisotopic (exact) mass is 580 g/mol. The predicted octanol–water partition coefficient (Wildman–Crippen LogP) is 4.79. The Labute approximate surface area is 210 Å². The number of thiophene rings is 2. The molecule has 0 aliphatic rings. The molecule has 0 N–H and O–H groups in total. The van der Waals surface area contributed by atoms with Gasteiger partial charge in [0.05, 0.1) is 6.61 Å². The second-order valence-electron chi connectivity index (χ2n) is 6.39. The Bertz CT molecular complexity index is 977. The summed E-state index contributed by atoms with van der Waals surface area (Å²) in [5, 5.41) is 3.16. The van der Waals surface area contributed by atoms with Gasteiger partial charge < -0.3 is 28.7 Å². The van der Waals surface area contributed by atoms with Crippen molar-refractivity contribution in [2.24, 2.45) is 0 Å². The first-order valence-electron chi connectivity index (χ1n) is 9.23. The maximum Gasteiger partial charge on any atom is 2.00 e. The van der Waals surface area contributed by atoms with Gasteiger partial charge in [-0.2, -0.15) is 12.1 Å². The molecule has 0 spiro atoms. The molecule has 0 atom stereocenters. The quantitative estimate of drug-likeness (QED) is 0.132. The van der Waals surface area contributed by atoms with Crippen molar-refractivity contribution < 1.29 is 48.2 Å². The van der Waals surface area contributed by atoms with Gasteiger partial charge in [0.15, 0.2) is 0 Å². The van der Waals surface area contributed by atoms with Crippen LogP contribution in [0.1, 0.15) is 19.8 Å². The number of halogens is 1. The Balaban J connectivity index is 0.00000150. The van der Waals surface area contributed by atoms with Gasteiger partial charge >= 0.3 is 19.5 Å². The molecule has 0 radical (unpaired) electrons. The summed E-state index contributed by atoms with van der Waals surface area (Å²) < 4.78 is 5.75. The van der Waals surface area contributed by atoms with Crippen molar-refractivity contribution in [1.29, 1.82) is 0 Å². The van der Waals surface area contributed by atoms with Gasteiger partial charge in [0, 0.05) is 4.88 Å². The van der Waals surface area contributed by atoms with E-state index < -0.39 is 0 Å². The van der Waals surface area contributed by atoms with Crippen LogP contribution in [-0.2, 0) is 19.5 Å². The SMILES string of the molecule is CCCCOc1ccc(-c2ccc(-c3ccc(-c4cc[c-]s4)s3)cc2)cc1.[I-].[Zn+2]. The van der Waals surface area contributed by atoms with Gasteiger partial charge in [-0.1, -0.05) is 55.8 Å². The normalized spacial score (nSPS) is 10.1. The minimum Gasteiger partial charge on any atom is -1.00 e. The predicted molar refractivity (Wildman–Crippen MR) is 118 cm³/mol. The molecule has 144 valence electrons. The molecule has 0 fully saturated rings. The van der Waals surface area contributed by atoms with Crippen LogP contribution >= 0.6 is 22.7 Å². The Kier molecular flexibility index (Phi) is 10.0. The maximum atomic E-state index is 5.75. The van der Waals surface area contributed by atoms with Crippen LogP contribution in [0.25, 0.3) is 31.3 Å². The van der Waals surface area contributed by atoms with Crippen LogP contribution < -0.4 is 28.7 Å². The summed E-state index contributed by atoms with van der Waals surface area (Å²) in [5.74, 6) is 0.945. The van der Waals surface area contributed by atoms with E-state index in [-0.39, 0.29) is 43.5 Å². The molecule has 29 heavy (non-hydrogen) atoms. The van der Waals surface area contributed by atoms with Gasteiger partial charge in [0.25, 0.3) is 0 Å². The van der Waals surface area contributed by atoms with Crippen molar-refractivity contribution >= 4 is 22.7 Å². The van der Waals surface area contributed by atoms with E-state index in [0.29, 0.717) is 0 Å². The van der Waals surface area contributed by atoms with Crippen molar-refractivity contribution in [3.63, 3.8) is 0 Å². The Morgan fingerprint density at radius 1 is 0.759 bits per heavy atom. The summed E-state index contributed by atoms with van der Waals surface area (Å²) >= 11 is 3.50. The number of benzene rings is 2. The van der Waals surface area contributed by atoms with Gasteiger partial charge in [0.1, 0.15) is 5.75 Å². The molecule has 1 nitrogen and oxygen atoms in total. The zero-order chi connectivity index (χ0) is 18.5. The standard InChI is InChI=1S/C24H21OS2.HI.Zn/c1-2-3-16-25-21-12-10-19(11-13-21)18-6-8-20(9-7-18)22-14-15-24(27-22)23-5-4-17-26-23;;/h4-15H,2-3,16H2,1H3;1H;/q-1;;+2/p-1. The minimum absolute atomic E-state index is 0. The molecule has 2 aromatic carbocycles. The molecule has 5 heteroatoms. The van der Waals surface area contributed by atoms with Crippen molar-refractivity contribution in [3.05, 3.63) is 78.2 Å². The minimum atomic E-state index is 0. The Hall–Kier alpha value is -1.01. The Morgan fingerprint density at radius 2 is 1.38 bits per heavy atom. The van der Waals surface area contributed by atoms with Crippen molar-refractivity contribution in [3.8, 4) is 37.1 Å². The Morgan fingerprint density at radius 3 is 2.00 bits per heavy atom. The smallest absolute Gasteiger partial charge is 1.00 e. The number of ether oxygens (including phenoxy) is 1. The van der Waals surface area contributed by atoms with E-state index in [4.69, 9.17) is 4.74 Å². The maximum absolute atomic E-state index is 5.75. The first-order valence-corrected chi connectivity index (χ1v) is 10.9. The summed E-state index contributed by atoms with van der Waals surface area (Å²) in [5.41, 5.74) is 3.70. The zero-order valence-electron chi connectivity index (χ0n) is 16.4. The second kappa shape index (κ2) is 12.0. The van der Waals surface area contributed by atoms with Crippen LogP contribution in [0.15, 0.2) is 72.8 Å². The molecule has 2 aromatic heterocycles. The number of hydrogen-bond acceptors (Lipinski definition) is 3. The van der Waals surface area contributed by atoms with Gasteiger partial charge in [-0.3, -0.25) is 11.3 Å². The van der Waals surface area contributed by atoms with Crippen LogP contribution in [-0.4, -0.2) is 6.61 Å². The fourth-order valence-electron chi connectivity index (χ4n) is 2.90.